The molecule has 104 valence electrons. The predicted octanol–water partition coefficient (Wildman–Crippen LogP) is 1.17. The highest BCUT2D eigenvalue weighted by molar-refractivity contribution is 7.90. The highest BCUT2D eigenvalue weighted by atomic mass is 32.2. The van der Waals surface area contributed by atoms with E-state index >= 15 is 0 Å². The van der Waals surface area contributed by atoms with Crippen molar-refractivity contribution in [3.8, 4) is 0 Å². The molecule has 1 heterocycles. The number of hydrogen-bond acceptors (Lipinski definition) is 4. The molecule has 0 saturated carbocycles. The Labute approximate surface area is 112 Å². The van der Waals surface area contributed by atoms with E-state index in [9.17, 15) is 13.2 Å². The van der Waals surface area contributed by atoms with E-state index in [2.05, 4.69) is 4.90 Å². The zero-order chi connectivity index (χ0) is 14.2. The number of carboxylic acids is 1. The predicted molar refractivity (Wildman–Crippen MR) is 70.7 cm³/mol. The first-order valence-corrected chi connectivity index (χ1v) is 7.95. The summed E-state index contributed by atoms with van der Waals surface area (Å²) >= 11 is 0. The zero-order valence-electron chi connectivity index (χ0n) is 10.9. The number of carbonyl (C=O) groups is 1. The third-order valence-corrected chi connectivity index (χ3v) is 4.73. The van der Waals surface area contributed by atoms with Crippen LogP contribution in [0.4, 0.5) is 0 Å². The van der Waals surface area contributed by atoms with Gasteiger partial charge in [-0.1, -0.05) is 12.1 Å². The Kier molecular flexibility index (Phi) is 3.64. The van der Waals surface area contributed by atoms with E-state index in [1.165, 1.54) is 6.26 Å². The molecule has 1 N–H and O–H groups in total. The topological polar surface area (TPSA) is 74.7 Å². The normalized spacial score (nSPS) is 18.8. The van der Waals surface area contributed by atoms with Gasteiger partial charge in [0.05, 0.1) is 10.8 Å². The molecule has 1 aliphatic heterocycles. The fourth-order valence-electron chi connectivity index (χ4n) is 2.19. The average molecular weight is 283 g/mol. The van der Waals surface area contributed by atoms with Gasteiger partial charge in [-0.05, 0) is 24.6 Å². The monoisotopic (exact) mass is 283 g/mol. The average Bonchev–Trinajstić information content (AvgIpc) is 2.25. The van der Waals surface area contributed by atoms with E-state index in [0.717, 1.165) is 5.56 Å². The maximum Gasteiger partial charge on any atom is 0.309 e. The maximum absolute atomic E-state index is 11.4. The number of nitrogens with zero attached hydrogens (tertiary/aromatic N) is 1. The number of sulfone groups is 1. The van der Waals surface area contributed by atoms with Crippen LogP contribution in [0.1, 0.15) is 18.5 Å². The van der Waals surface area contributed by atoms with E-state index in [1.54, 1.807) is 24.3 Å². The Morgan fingerprint density at radius 3 is 2.26 bits per heavy atom. The van der Waals surface area contributed by atoms with Gasteiger partial charge in [0.15, 0.2) is 9.84 Å². The standard InChI is InChI=1S/C13H17NO4S/c1-9(14-7-11(8-14)13(15)16)10-3-5-12(6-4-10)19(2,17)18/h3-6,9,11H,7-8H2,1-2H3,(H,15,16). The molecule has 1 unspecified atom stereocenters. The minimum absolute atomic E-state index is 0.101. The van der Waals surface area contributed by atoms with Gasteiger partial charge in [-0.2, -0.15) is 0 Å². The molecular formula is C13H17NO4S. The number of hydrogen-bond donors (Lipinski definition) is 1. The highest BCUT2D eigenvalue weighted by Crippen LogP contribution is 2.28. The minimum atomic E-state index is -3.17. The summed E-state index contributed by atoms with van der Waals surface area (Å²) in [5.74, 6) is -1.03. The fraction of sp³-hybridized carbons (Fsp3) is 0.462. The van der Waals surface area contributed by atoms with Gasteiger partial charge in [-0.3, -0.25) is 9.69 Å². The first-order valence-electron chi connectivity index (χ1n) is 6.06. The molecule has 6 heteroatoms. The summed E-state index contributed by atoms with van der Waals surface area (Å²) in [6.45, 7) is 3.09. The number of likely N-dealkylation sites (tertiary alicyclic amines) is 1. The molecule has 5 nitrogen and oxygen atoms in total. The summed E-state index contributed by atoms with van der Waals surface area (Å²) in [6.07, 6.45) is 1.18. The van der Waals surface area contributed by atoms with Crippen LogP contribution < -0.4 is 0 Å². The highest BCUT2D eigenvalue weighted by Gasteiger charge is 2.35. The number of rotatable bonds is 4. The lowest BCUT2D eigenvalue weighted by Gasteiger charge is -2.41. The van der Waals surface area contributed by atoms with E-state index in [0.29, 0.717) is 18.0 Å². The van der Waals surface area contributed by atoms with Gasteiger partial charge in [0.2, 0.25) is 0 Å². The van der Waals surface area contributed by atoms with E-state index in [-0.39, 0.29) is 12.0 Å². The van der Waals surface area contributed by atoms with Crippen molar-refractivity contribution in [1.82, 2.24) is 4.90 Å². The van der Waals surface area contributed by atoms with Crippen molar-refractivity contribution in [2.45, 2.75) is 17.9 Å². The Morgan fingerprint density at radius 2 is 1.84 bits per heavy atom. The zero-order valence-corrected chi connectivity index (χ0v) is 11.7. The molecule has 1 aliphatic rings. The molecule has 1 fully saturated rings. The van der Waals surface area contributed by atoms with Crippen molar-refractivity contribution in [3.63, 3.8) is 0 Å². The first kappa shape index (κ1) is 14.0. The lowest BCUT2D eigenvalue weighted by atomic mass is 9.95. The Balaban J connectivity index is 2.05. The molecule has 0 aliphatic carbocycles. The first-order chi connectivity index (χ1) is 8.79. The Hall–Kier alpha value is -1.40. The molecule has 19 heavy (non-hydrogen) atoms. The van der Waals surface area contributed by atoms with Gasteiger partial charge in [-0.25, -0.2) is 8.42 Å². The lowest BCUT2D eigenvalue weighted by Crippen LogP contribution is -2.51. The van der Waals surface area contributed by atoms with E-state index < -0.39 is 15.8 Å². The second-order valence-corrected chi connectivity index (χ2v) is 7.02. The van der Waals surface area contributed by atoms with Crippen molar-refractivity contribution in [3.05, 3.63) is 29.8 Å². The SMILES string of the molecule is CC(c1ccc(S(C)(=O)=O)cc1)N1CC(C(=O)O)C1. The number of benzene rings is 1. The van der Waals surface area contributed by atoms with Crippen LogP contribution in [0.5, 0.6) is 0 Å². The van der Waals surface area contributed by atoms with Crippen LogP contribution in [-0.2, 0) is 14.6 Å². The number of aliphatic carboxylic acids is 1. The summed E-state index contributed by atoms with van der Waals surface area (Å²) in [6, 6.07) is 6.86. The van der Waals surface area contributed by atoms with Crippen LogP contribution in [0, 0.1) is 5.92 Å². The molecular weight excluding hydrogens is 266 g/mol. The van der Waals surface area contributed by atoms with Crippen LogP contribution in [-0.4, -0.2) is 43.7 Å². The van der Waals surface area contributed by atoms with Crippen molar-refractivity contribution < 1.29 is 18.3 Å². The van der Waals surface area contributed by atoms with Crippen LogP contribution in [0.2, 0.25) is 0 Å². The van der Waals surface area contributed by atoms with Crippen molar-refractivity contribution in [1.29, 1.82) is 0 Å². The van der Waals surface area contributed by atoms with E-state index in [1.807, 2.05) is 6.92 Å². The summed E-state index contributed by atoms with van der Waals surface area (Å²) < 4.78 is 22.7. The second kappa shape index (κ2) is 4.94. The number of carboxylic acid groups (broad SMARTS) is 1. The molecule has 0 spiro atoms. The van der Waals surface area contributed by atoms with Gasteiger partial charge < -0.3 is 5.11 Å². The lowest BCUT2D eigenvalue weighted by molar-refractivity contribution is -0.148. The van der Waals surface area contributed by atoms with Gasteiger partial charge >= 0.3 is 5.97 Å². The molecule has 0 bridgehead atoms. The fourth-order valence-corrected chi connectivity index (χ4v) is 2.82. The van der Waals surface area contributed by atoms with Crippen LogP contribution >= 0.6 is 0 Å². The van der Waals surface area contributed by atoms with Gasteiger partial charge in [0.1, 0.15) is 0 Å². The van der Waals surface area contributed by atoms with Gasteiger partial charge in [-0.15, -0.1) is 0 Å². The molecule has 2 rings (SSSR count). The van der Waals surface area contributed by atoms with Crippen LogP contribution in [0.25, 0.3) is 0 Å². The second-order valence-electron chi connectivity index (χ2n) is 5.01. The summed E-state index contributed by atoms with van der Waals surface area (Å²) in [4.78, 5) is 13.1. The summed E-state index contributed by atoms with van der Waals surface area (Å²) in [5.41, 5.74) is 0.997. The molecule has 1 saturated heterocycles. The molecule has 0 radical (unpaired) electrons. The Bertz CT molecular complexity index is 573. The van der Waals surface area contributed by atoms with Gasteiger partial charge in [0, 0.05) is 25.4 Å². The third-order valence-electron chi connectivity index (χ3n) is 3.60. The molecule has 1 aromatic rings. The largest absolute Gasteiger partial charge is 0.481 e. The third kappa shape index (κ3) is 2.96. The van der Waals surface area contributed by atoms with Crippen molar-refractivity contribution in [2.75, 3.05) is 19.3 Å². The van der Waals surface area contributed by atoms with Crippen molar-refractivity contribution >= 4 is 15.8 Å². The summed E-state index contributed by atoms with van der Waals surface area (Å²) in [5, 5.41) is 8.84. The van der Waals surface area contributed by atoms with Gasteiger partial charge in [0.25, 0.3) is 0 Å². The molecule has 0 aromatic heterocycles. The molecule has 0 amide bonds. The van der Waals surface area contributed by atoms with E-state index in [4.69, 9.17) is 5.11 Å². The Morgan fingerprint density at radius 1 is 1.32 bits per heavy atom. The summed E-state index contributed by atoms with van der Waals surface area (Å²) in [7, 11) is -3.17. The van der Waals surface area contributed by atoms with Crippen LogP contribution in [0.15, 0.2) is 29.2 Å². The quantitative estimate of drug-likeness (QED) is 0.897. The maximum atomic E-state index is 11.4. The minimum Gasteiger partial charge on any atom is -0.481 e. The van der Waals surface area contributed by atoms with Crippen LogP contribution in [0.3, 0.4) is 0 Å². The smallest absolute Gasteiger partial charge is 0.309 e. The molecule has 1 atom stereocenters. The van der Waals surface area contributed by atoms with Crippen molar-refractivity contribution in [2.24, 2.45) is 5.92 Å². The molecule has 1 aromatic carbocycles.